The Morgan fingerprint density at radius 3 is 2.32 bits per heavy atom. The van der Waals surface area contributed by atoms with Crippen LogP contribution in [0.5, 0.6) is 0 Å². The largest absolute Gasteiger partial charge is 0.389 e. The fourth-order valence-corrected chi connectivity index (χ4v) is 5.43. The number of hydrogen-bond donors (Lipinski definition) is 1. The third-order valence-electron chi connectivity index (χ3n) is 5.06. The van der Waals surface area contributed by atoms with E-state index in [1.54, 1.807) is 5.57 Å². The highest BCUT2D eigenvalue weighted by Crippen LogP contribution is 2.58. The average Bonchev–Trinajstić information content (AvgIpc) is 2.38. The van der Waals surface area contributed by atoms with E-state index < -0.39 is 8.07 Å². The minimum atomic E-state index is -1.18. The number of aliphatic hydroxyl groups is 1. The van der Waals surface area contributed by atoms with Crippen LogP contribution in [0.3, 0.4) is 0 Å². The van der Waals surface area contributed by atoms with E-state index in [1.807, 2.05) is 0 Å². The molecule has 0 radical (unpaired) electrons. The second kappa shape index (κ2) is 4.32. The van der Waals surface area contributed by atoms with E-state index in [1.165, 1.54) is 11.1 Å². The van der Waals surface area contributed by atoms with Gasteiger partial charge in [0.15, 0.2) is 0 Å². The Morgan fingerprint density at radius 2 is 1.79 bits per heavy atom. The SMILES string of the molecule is C=C1C[C@]2(C)C[C@H](O)C(C[Si](C)(C)C)=C2CC1(C)C. The van der Waals surface area contributed by atoms with E-state index in [0.717, 1.165) is 25.3 Å². The van der Waals surface area contributed by atoms with Gasteiger partial charge in [0.25, 0.3) is 0 Å². The molecule has 0 heterocycles. The van der Waals surface area contributed by atoms with E-state index in [2.05, 4.69) is 47.0 Å². The van der Waals surface area contributed by atoms with Crippen LogP contribution in [0.1, 0.15) is 40.0 Å². The zero-order valence-corrected chi connectivity index (χ0v) is 14.6. The molecule has 0 aromatic heterocycles. The van der Waals surface area contributed by atoms with Crippen LogP contribution < -0.4 is 0 Å². The van der Waals surface area contributed by atoms with Gasteiger partial charge in [0.1, 0.15) is 0 Å². The van der Waals surface area contributed by atoms with Gasteiger partial charge in [-0.2, -0.15) is 0 Å². The summed E-state index contributed by atoms with van der Waals surface area (Å²) in [7, 11) is -1.18. The van der Waals surface area contributed by atoms with Crippen LogP contribution >= 0.6 is 0 Å². The van der Waals surface area contributed by atoms with Crippen LogP contribution in [0.15, 0.2) is 23.3 Å². The first-order valence-corrected chi connectivity index (χ1v) is 11.2. The van der Waals surface area contributed by atoms with Gasteiger partial charge in [-0.3, -0.25) is 0 Å². The highest BCUT2D eigenvalue weighted by molar-refractivity contribution is 6.76. The lowest BCUT2D eigenvalue weighted by atomic mass is 9.61. The molecule has 2 aliphatic carbocycles. The molecule has 0 bridgehead atoms. The first-order chi connectivity index (χ1) is 8.45. The number of allylic oxidation sites excluding steroid dienone is 2. The number of aliphatic hydroxyl groups excluding tert-OH is 1. The normalized spacial score (nSPS) is 34.7. The number of rotatable bonds is 2. The second-order valence-corrected chi connectivity index (χ2v) is 14.3. The first-order valence-electron chi connectivity index (χ1n) is 7.53. The maximum Gasteiger partial charge on any atom is 0.0758 e. The molecule has 1 fully saturated rings. The highest BCUT2D eigenvalue weighted by atomic mass is 28.3. The minimum Gasteiger partial charge on any atom is -0.389 e. The lowest BCUT2D eigenvalue weighted by molar-refractivity contribution is 0.164. The maximum absolute atomic E-state index is 10.5. The monoisotopic (exact) mass is 278 g/mol. The molecule has 0 aliphatic heterocycles. The van der Waals surface area contributed by atoms with Crippen LogP contribution in [0.4, 0.5) is 0 Å². The van der Waals surface area contributed by atoms with Crippen molar-refractivity contribution in [1.29, 1.82) is 0 Å². The Morgan fingerprint density at radius 1 is 1.21 bits per heavy atom. The Hall–Kier alpha value is -0.343. The third-order valence-corrected chi connectivity index (χ3v) is 6.50. The molecule has 0 aromatic rings. The summed E-state index contributed by atoms with van der Waals surface area (Å²) >= 11 is 0. The van der Waals surface area contributed by atoms with Crippen LogP contribution in [-0.2, 0) is 0 Å². The summed E-state index contributed by atoms with van der Waals surface area (Å²) in [5.74, 6) is 0. The number of fused-ring (bicyclic) bond motifs is 1. The molecular formula is C17H30OSi. The lowest BCUT2D eigenvalue weighted by Crippen LogP contribution is -2.32. The molecule has 1 saturated carbocycles. The van der Waals surface area contributed by atoms with Crippen molar-refractivity contribution < 1.29 is 5.11 Å². The molecule has 0 saturated heterocycles. The fraction of sp³-hybridized carbons (Fsp3) is 0.765. The standard InChI is InChI=1S/C17H30OSi/c1-12-8-17(4)10-15(18)13(11-19(5,6)7)14(17)9-16(12,2)3/h15,18H,1,8-11H2,2-7H3/t15-,17+/m0/s1. The molecule has 19 heavy (non-hydrogen) atoms. The molecule has 2 heteroatoms. The molecule has 2 aliphatic rings. The molecule has 1 N–H and O–H groups in total. The van der Waals surface area contributed by atoms with Crippen LogP contribution in [-0.4, -0.2) is 19.3 Å². The van der Waals surface area contributed by atoms with E-state index in [4.69, 9.17) is 0 Å². The molecule has 2 rings (SSSR count). The summed E-state index contributed by atoms with van der Waals surface area (Å²) in [6.45, 7) is 18.4. The second-order valence-electron chi connectivity index (χ2n) is 8.86. The van der Waals surface area contributed by atoms with Crippen molar-refractivity contribution in [3.63, 3.8) is 0 Å². The zero-order valence-electron chi connectivity index (χ0n) is 13.6. The van der Waals surface area contributed by atoms with Crippen molar-refractivity contribution in [2.45, 2.75) is 71.8 Å². The average molecular weight is 279 g/mol. The van der Waals surface area contributed by atoms with Gasteiger partial charge in [-0.25, -0.2) is 0 Å². The van der Waals surface area contributed by atoms with Crippen molar-refractivity contribution in [1.82, 2.24) is 0 Å². The molecular weight excluding hydrogens is 248 g/mol. The van der Waals surface area contributed by atoms with Gasteiger partial charge in [0.2, 0.25) is 0 Å². The van der Waals surface area contributed by atoms with E-state index in [-0.39, 0.29) is 16.9 Å². The fourth-order valence-electron chi connectivity index (χ4n) is 3.84. The maximum atomic E-state index is 10.5. The van der Waals surface area contributed by atoms with Crippen LogP contribution in [0.25, 0.3) is 0 Å². The van der Waals surface area contributed by atoms with Gasteiger partial charge in [-0.05, 0) is 41.7 Å². The summed E-state index contributed by atoms with van der Waals surface area (Å²) in [4.78, 5) is 0. The Labute approximate surface area is 119 Å². The summed E-state index contributed by atoms with van der Waals surface area (Å²) in [6.07, 6.45) is 2.87. The molecule has 0 aromatic carbocycles. The zero-order chi connectivity index (χ0) is 14.6. The molecule has 0 amide bonds. The molecule has 2 atom stereocenters. The predicted molar refractivity (Wildman–Crippen MR) is 86.1 cm³/mol. The summed E-state index contributed by atoms with van der Waals surface area (Å²) < 4.78 is 0. The summed E-state index contributed by atoms with van der Waals surface area (Å²) in [5.41, 5.74) is 4.70. The van der Waals surface area contributed by atoms with Crippen molar-refractivity contribution in [3.05, 3.63) is 23.3 Å². The van der Waals surface area contributed by atoms with E-state index >= 15 is 0 Å². The van der Waals surface area contributed by atoms with Crippen molar-refractivity contribution >= 4 is 8.07 Å². The van der Waals surface area contributed by atoms with Crippen molar-refractivity contribution in [3.8, 4) is 0 Å². The molecule has 108 valence electrons. The van der Waals surface area contributed by atoms with Gasteiger partial charge >= 0.3 is 0 Å². The van der Waals surface area contributed by atoms with Gasteiger partial charge in [-0.15, -0.1) is 0 Å². The molecule has 0 spiro atoms. The van der Waals surface area contributed by atoms with E-state index in [0.29, 0.717) is 0 Å². The number of hydrogen-bond acceptors (Lipinski definition) is 1. The topological polar surface area (TPSA) is 20.2 Å². The van der Waals surface area contributed by atoms with Crippen molar-refractivity contribution in [2.24, 2.45) is 10.8 Å². The Kier molecular flexibility index (Phi) is 3.43. The Bertz CT molecular complexity index is 439. The lowest BCUT2D eigenvalue weighted by Gasteiger charge is -2.43. The van der Waals surface area contributed by atoms with Gasteiger partial charge in [-0.1, -0.05) is 58.1 Å². The van der Waals surface area contributed by atoms with Crippen molar-refractivity contribution in [2.75, 3.05) is 0 Å². The van der Waals surface area contributed by atoms with Gasteiger partial charge in [0, 0.05) is 8.07 Å². The van der Waals surface area contributed by atoms with Gasteiger partial charge in [0.05, 0.1) is 6.10 Å². The quantitative estimate of drug-likeness (QED) is 0.570. The Balaban J connectivity index is 2.42. The summed E-state index contributed by atoms with van der Waals surface area (Å²) in [5, 5.41) is 10.5. The van der Waals surface area contributed by atoms with Gasteiger partial charge < -0.3 is 5.11 Å². The van der Waals surface area contributed by atoms with Crippen LogP contribution in [0.2, 0.25) is 25.7 Å². The smallest absolute Gasteiger partial charge is 0.0758 e. The summed E-state index contributed by atoms with van der Waals surface area (Å²) in [6, 6.07) is 1.15. The first kappa shape index (κ1) is 15.1. The minimum absolute atomic E-state index is 0.182. The molecule has 1 nitrogen and oxygen atoms in total. The van der Waals surface area contributed by atoms with E-state index in [9.17, 15) is 5.11 Å². The third kappa shape index (κ3) is 2.75. The molecule has 0 unspecified atom stereocenters. The highest BCUT2D eigenvalue weighted by Gasteiger charge is 2.48. The predicted octanol–water partition coefficient (Wildman–Crippen LogP) is 4.77. The van der Waals surface area contributed by atoms with Crippen LogP contribution in [0, 0.1) is 10.8 Å².